The Bertz CT molecular complexity index is 479. The van der Waals surface area contributed by atoms with E-state index in [-0.39, 0.29) is 30.8 Å². The van der Waals surface area contributed by atoms with Gasteiger partial charge in [-0.2, -0.15) is 0 Å². The first kappa shape index (κ1) is 20.6. The van der Waals surface area contributed by atoms with Crippen LogP contribution in [0.2, 0.25) is 0 Å². The summed E-state index contributed by atoms with van der Waals surface area (Å²) in [6.45, 7) is 4.61. The summed E-state index contributed by atoms with van der Waals surface area (Å²) in [4.78, 5) is 28.8. The average molecular weight is 381 g/mol. The number of esters is 1. The molecule has 1 aliphatic carbocycles. The first-order valence-corrected chi connectivity index (χ1v) is 10.9. The molecule has 3 rings (SSSR count). The minimum Gasteiger partial charge on any atom is -0.469 e. The van der Waals surface area contributed by atoms with Crippen LogP contribution >= 0.6 is 0 Å². The normalized spacial score (nSPS) is 25.0. The molecule has 0 bridgehead atoms. The van der Waals surface area contributed by atoms with E-state index in [0.717, 1.165) is 32.0 Å². The van der Waals surface area contributed by atoms with Crippen molar-refractivity contribution < 1.29 is 19.1 Å². The van der Waals surface area contributed by atoms with Gasteiger partial charge in [0.1, 0.15) is 0 Å². The molecule has 2 aliphatic heterocycles. The van der Waals surface area contributed by atoms with Gasteiger partial charge in [0.05, 0.1) is 19.6 Å². The number of hydrogen-bond acceptors (Lipinski definition) is 5. The predicted octanol–water partition coefficient (Wildman–Crippen LogP) is 2.60. The standard InChI is InChI=1S/C21H36N2O4/c1-26-21(25)9-8-20(24)23(16-19-7-4-14-27-19)15-17-10-12-22(13-11-17)18-5-2-3-6-18/h17-19H,2-16H2,1H3/t19-/m0/s1. The van der Waals surface area contributed by atoms with Gasteiger partial charge in [0.25, 0.3) is 0 Å². The van der Waals surface area contributed by atoms with Crippen molar-refractivity contribution in [3.8, 4) is 0 Å². The number of hydrogen-bond donors (Lipinski definition) is 0. The molecule has 0 radical (unpaired) electrons. The third kappa shape index (κ3) is 6.18. The van der Waals surface area contributed by atoms with Crippen LogP contribution in [0.3, 0.4) is 0 Å². The highest BCUT2D eigenvalue weighted by Gasteiger charge is 2.30. The molecule has 3 aliphatic rings. The Hall–Kier alpha value is -1.14. The molecule has 3 fully saturated rings. The molecule has 0 spiro atoms. The first-order chi connectivity index (χ1) is 13.2. The highest BCUT2D eigenvalue weighted by molar-refractivity contribution is 5.81. The molecule has 154 valence electrons. The smallest absolute Gasteiger partial charge is 0.306 e. The van der Waals surface area contributed by atoms with Crippen molar-refractivity contribution in [3.05, 3.63) is 0 Å². The molecule has 0 N–H and O–H groups in total. The van der Waals surface area contributed by atoms with Gasteiger partial charge in [0.2, 0.25) is 5.91 Å². The summed E-state index contributed by atoms with van der Waals surface area (Å²) in [5.74, 6) is 0.311. The SMILES string of the molecule is COC(=O)CCC(=O)N(CC1CCN(C2CCCC2)CC1)C[C@@H]1CCCO1. The molecular weight excluding hydrogens is 344 g/mol. The van der Waals surface area contributed by atoms with Crippen LogP contribution in [-0.4, -0.2) is 73.7 Å². The number of nitrogens with zero attached hydrogens (tertiary/aromatic N) is 2. The van der Waals surface area contributed by atoms with Crippen LogP contribution in [-0.2, 0) is 19.1 Å². The van der Waals surface area contributed by atoms with Crippen LogP contribution in [0.1, 0.15) is 64.2 Å². The van der Waals surface area contributed by atoms with Crippen LogP contribution in [0.4, 0.5) is 0 Å². The third-order valence-electron chi connectivity index (χ3n) is 6.54. The van der Waals surface area contributed by atoms with E-state index in [0.29, 0.717) is 12.5 Å². The number of ether oxygens (including phenoxy) is 2. The lowest BCUT2D eigenvalue weighted by molar-refractivity contribution is -0.144. The maximum absolute atomic E-state index is 12.8. The van der Waals surface area contributed by atoms with E-state index < -0.39 is 0 Å². The van der Waals surface area contributed by atoms with Crippen LogP contribution in [0, 0.1) is 5.92 Å². The summed E-state index contributed by atoms with van der Waals surface area (Å²) in [7, 11) is 1.37. The van der Waals surface area contributed by atoms with Crippen LogP contribution in [0.5, 0.6) is 0 Å². The minimum absolute atomic E-state index is 0.0640. The fourth-order valence-electron chi connectivity index (χ4n) is 4.86. The van der Waals surface area contributed by atoms with Crippen molar-refractivity contribution in [2.75, 3.05) is 39.9 Å². The summed E-state index contributed by atoms with van der Waals surface area (Å²) in [5, 5.41) is 0. The second kappa shape index (κ2) is 10.4. The quantitative estimate of drug-likeness (QED) is 0.606. The molecule has 2 saturated heterocycles. The number of methoxy groups -OCH3 is 1. The summed E-state index contributed by atoms with van der Waals surface area (Å²) in [6.07, 6.45) is 10.5. The van der Waals surface area contributed by atoms with Crippen molar-refractivity contribution in [2.45, 2.75) is 76.4 Å². The Kier molecular flexibility index (Phi) is 7.94. The van der Waals surface area contributed by atoms with Gasteiger partial charge < -0.3 is 19.3 Å². The number of carbonyl (C=O) groups is 2. The largest absolute Gasteiger partial charge is 0.469 e. The summed E-state index contributed by atoms with van der Waals surface area (Å²) < 4.78 is 10.4. The number of likely N-dealkylation sites (tertiary alicyclic amines) is 1. The highest BCUT2D eigenvalue weighted by Crippen LogP contribution is 2.28. The molecule has 27 heavy (non-hydrogen) atoms. The molecule has 1 amide bonds. The molecule has 1 saturated carbocycles. The molecule has 1 atom stereocenters. The van der Waals surface area contributed by atoms with E-state index in [1.165, 1.54) is 58.7 Å². The van der Waals surface area contributed by atoms with Crippen molar-refractivity contribution in [2.24, 2.45) is 5.92 Å². The summed E-state index contributed by atoms with van der Waals surface area (Å²) in [5.41, 5.74) is 0. The zero-order valence-electron chi connectivity index (χ0n) is 16.9. The fraction of sp³-hybridized carbons (Fsp3) is 0.905. The maximum atomic E-state index is 12.8. The summed E-state index contributed by atoms with van der Waals surface area (Å²) >= 11 is 0. The lowest BCUT2D eigenvalue weighted by Gasteiger charge is -2.38. The van der Waals surface area contributed by atoms with E-state index in [4.69, 9.17) is 4.74 Å². The second-order valence-electron chi connectivity index (χ2n) is 8.43. The van der Waals surface area contributed by atoms with E-state index in [1.54, 1.807) is 0 Å². The Labute approximate surface area is 163 Å². The van der Waals surface area contributed by atoms with Gasteiger partial charge in [-0.25, -0.2) is 0 Å². The Morgan fingerprint density at radius 3 is 2.37 bits per heavy atom. The zero-order valence-corrected chi connectivity index (χ0v) is 16.9. The molecule has 2 heterocycles. The Balaban J connectivity index is 1.49. The molecule has 0 aromatic rings. The third-order valence-corrected chi connectivity index (χ3v) is 6.54. The molecule has 6 nitrogen and oxygen atoms in total. The number of rotatable bonds is 8. The fourth-order valence-corrected chi connectivity index (χ4v) is 4.86. The molecule has 0 unspecified atom stereocenters. The molecular formula is C21H36N2O4. The van der Waals surface area contributed by atoms with Crippen molar-refractivity contribution in [3.63, 3.8) is 0 Å². The van der Waals surface area contributed by atoms with Crippen LogP contribution < -0.4 is 0 Å². The van der Waals surface area contributed by atoms with Crippen LogP contribution in [0.15, 0.2) is 0 Å². The highest BCUT2D eigenvalue weighted by atomic mass is 16.5. The number of piperidine rings is 1. The van der Waals surface area contributed by atoms with Crippen molar-refractivity contribution in [1.82, 2.24) is 9.80 Å². The number of amides is 1. The predicted molar refractivity (Wildman–Crippen MR) is 103 cm³/mol. The summed E-state index contributed by atoms with van der Waals surface area (Å²) in [6, 6.07) is 0.802. The topological polar surface area (TPSA) is 59.1 Å². The average Bonchev–Trinajstić information content (AvgIpc) is 3.40. The molecule has 0 aromatic carbocycles. The van der Waals surface area contributed by atoms with Gasteiger partial charge >= 0.3 is 5.97 Å². The first-order valence-electron chi connectivity index (χ1n) is 10.9. The van der Waals surface area contributed by atoms with Gasteiger partial charge in [-0.1, -0.05) is 12.8 Å². The van der Waals surface area contributed by atoms with E-state index in [2.05, 4.69) is 9.64 Å². The molecule has 6 heteroatoms. The van der Waals surface area contributed by atoms with E-state index >= 15 is 0 Å². The maximum Gasteiger partial charge on any atom is 0.306 e. The Morgan fingerprint density at radius 2 is 1.74 bits per heavy atom. The van der Waals surface area contributed by atoms with Gasteiger partial charge in [0.15, 0.2) is 0 Å². The second-order valence-corrected chi connectivity index (χ2v) is 8.43. The minimum atomic E-state index is -0.315. The van der Waals surface area contributed by atoms with Crippen molar-refractivity contribution in [1.29, 1.82) is 0 Å². The van der Waals surface area contributed by atoms with Crippen molar-refractivity contribution >= 4 is 11.9 Å². The Morgan fingerprint density at radius 1 is 1.00 bits per heavy atom. The van der Waals surface area contributed by atoms with Gasteiger partial charge in [-0.3, -0.25) is 9.59 Å². The van der Waals surface area contributed by atoms with Gasteiger partial charge in [0, 0.05) is 32.2 Å². The van der Waals surface area contributed by atoms with Gasteiger partial charge in [-0.15, -0.1) is 0 Å². The number of carbonyl (C=O) groups excluding carboxylic acids is 2. The monoisotopic (exact) mass is 380 g/mol. The van der Waals surface area contributed by atoms with E-state index in [9.17, 15) is 9.59 Å². The molecule has 0 aromatic heterocycles. The van der Waals surface area contributed by atoms with Gasteiger partial charge in [-0.05, 0) is 57.5 Å². The van der Waals surface area contributed by atoms with E-state index in [1.807, 2.05) is 4.90 Å². The lowest BCUT2D eigenvalue weighted by Crippen LogP contribution is -2.45. The lowest BCUT2D eigenvalue weighted by atomic mass is 9.94. The zero-order chi connectivity index (χ0) is 19.1. The van der Waals surface area contributed by atoms with Crippen LogP contribution in [0.25, 0.3) is 0 Å².